The molecule has 9 heteroatoms. The first-order valence-electron chi connectivity index (χ1n) is 3.42. The van der Waals surface area contributed by atoms with Gasteiger partial charge in [0.1, 0.15) is 5.82 Å². The number of nitrogens with one attached hydrogen (secondary N) is 2. The van der Waals surface area contributed by atoms with E-state index in [9.17, 15) is 0 Å². The Bertz CT molecular complexity index is 257. The Kier molecular flexibility index (Phi) is 5.21. The van der Waals surface area contributed by atoms with Gasteiger partial charge in [0.15, 0.2) is 0 Å². The predicted molar refractivity (Wildman–Crippen MR) is 67.9 cm³/mol. The summed E-state index contributed by atoms with van der Waals surface area (Å²) in [5.41, 5.74) is 0. The van der Waals surface area contributed by atoms with Crippen molar-refractivity contribution in [2.75, 3.05) is 10.2 Å². The number of aromatic nitrogens is 3. The lowest BCUT2D eigenvalue weighted by molar-refractivity contribution is 1.00. The topological polar surface area (TPSA) is 62.7 Å². The molecule has 1 rings (SSSR count). The molecule has 4 unspecified atom stereocenters. The number of hydrogen-bond acceptors (Lipinski definition) is 5. The van der Waals surface area contributed by atoms with E-state index < -0.39 is 0 Å². The van der Waals surface area contributed by atoms with Gasteiger partial charge in [0, 0.05) is 0 Å². The van der Waals surface area contributed by atoms with E-state index in [0.717, 1.165) is 0 Å². The maximum atomic E-state index is 4.16. The molecule has 4 atom stereocenters. The first-order chi connectivity index (χ1) is 6.26. The summed E-state index contributed by atoms with van der Waals surface area (Å²) in [5.74, 6) is 1.95. The molecule has 0 aliphatic heterocycles. The van der Waals surface area contributed by atoms with Gasteiger partial charge in [0.25, 0.3) is 0 Å². The highest BCUT2D eigenvalue weighted by Crippen LogP contribution is 2.24. The van der Waals surface area contributed by atoms with E-state index in [-0.39, 0.29) is 0 Å². The van der Waals surface area contributed by atoms with E-state index in [1.54, 1.807) is 0 Å². The summed E-state index contributed by atoms with van der Waals surface area (Å²) in [6, 6.07) is 0. The van der Waals surface area contributed by atoms with Gasteiger partial charge in [-0.25, -0.2) is 0 Å². The van der Waals surface area contributed by atoms with E-state index in [4.69, 9.17) is 0 Å². The Morgan fingerprint density at radius 2 is 1.46 bits per heavy atom. The molecule has 1 aromatic heterocycles. The summed E-state index contributed by atoms with van der Waals surface area (Å²) >= 11 is 0. The number of nitrogens with zero attached hydrogens (tertiary/aromatic N) is 3. The smallest absolute Gasteiger partial charge is 0.231 e. The molecule has 5 nitrogen and oxygen atoms in total. The van der Waals surface area contributed by atoms with E-state index in [1.165, 1.54) is 0 Å². The number of aryl methyl sites for hydroxylation is 1. The first-order valence-corrected chi connectivity index (χ1v) is 9.04. The van der Waals surface area contributed by atoms with Crippen molar-refractivity contribution < 1.29 is 0 Å². The van der Waals surface area contributed by atoms with E-state index >= 15 is 0 Å². The molecule has 0 aliphatic carbocycles. The highest BCUT2D eigenvalue weighted by atomic mass is 32.0. The van der Waals surface area contributed by atoms with Gasteiger partial charge in [-0.3, -0.25) is 0 Å². The summed E-state index contributed by atoms with van der Waals surface area (Å²) in [4.78, 5) is 12.4. The van der Waals surface area contributed by atoms with Gasteiger partial charge >= 0.3 is 0 Å². The Labute approximate surface area is 84.9 Å². The normalized spacial score (nSPS) is 11.6. The van der Waals surface area contributed by atoms with Crippen LogP contribution in [0.25, 0.3) is 0 Å². The molecule has 2 N–H and O–H groups in total. The van der Waals surface area contributed by atoms with Crippen molar-refractivity contribution in [3.05, 3.63) is 5.82 Å². The molecule has 0 radical (unpaired) electrons. The Morgan fingerprint density at radius 1 is 1.00 bits per heavy atom. The maximum absolute atomic E-state index is 4.16. The van der Waals surface area contributed by atoms with E-state index in [0.29, 0.717) is 34.6 Å². The molecule has 0 aromatic carbocycles. The summed E-state index contributed by atoms with van der Waals surface area (Å²) in [6.45, 7) is 1.84. The van der Waals surface area contributed by atoms with Crippen LogP contribution < -0.4 is 10.2 Å². The van der Waals surface area contributed by atoms with Crippen molar-refractivity contribution in [3.63, 3.8) is 0 Å². The zero-order valence-corrected chi connectivity index (χ0v) is 11.3. The molecular weight excluding hydrogens is 242 g/mol. The Balaban J connectivity index is 2.83. The van der Waals surface area contributed by atoms with Gasteiger partial charge in [-0.1, -0.05) is 17.9 Å². The summed E-state index contributed by atoms with van der Waals surface area (Å²) in [7, 11) is 6.19. The van der Waals surface area contributed by atoms with Crippen molar-refractivity contribution in [2.24, 2.45) is 0 Å². The molecule has 0 amide bonds. The molecule has 72 valence electrons. The minimum Gasteiger partial charge on any atom is -0.333 e. The van der Waals surface area contributed by atoms with Crippen LogP contribution >= 0.6 is 34.7 Å². The summed E-state index contributed by atoms with van der Waals surface area (Å²) in [5, 5.41) is 6.06. The Hall–Kier alpha value is 0.330. The molecule has 0 saturated heterocycles. The number of hydrogen-bond donors (Lipinski definition) is 2. The first kappa shape index (κ1) is 11.4. The molecular formula is C4H11N5P4. The molecule has 1 heterocycles. The zero-order chi connectivity index (χ0) is 9.68. The largest absolute Gasteiger partial charge is 0.333 e. The standard InChI is InChI=1S/C4H11N5P4/c1-2-5-3(8-12-10)7-4(6-2)9-13-11/h12-13H,10-11H2,1H3,(H2,5,6,7,8,9). The molecule has 0 spiro atoms. The molecule has 0 fully saturated rings. The van der Waals surface area contributed by atoms with E-state index in [2.05, 4.69) is 43.0 Å². The third kappa shape index (κ3) is 3.92. The van der Waals surface area contributed by atoms with E-state index in [1.807, 2.05) is 6.92 Å². The Morgan fingerprint density at radius 3 is 1.85 bits per heavy atom. The van der Waals surface area contributed by atoms with Crippen LogP contribution in [0.4, 0.5) is 11.9 Å². The third-order valence-corrected chi connectivity index (χ3v) is 2.72. The van der Waals surface area contributed by atoms with Crippen LogP contribution in [0.15, 0.2) is 0 Å². The fourth-order valence-electron chi connectivity index (χ4n) is 0.723. The van der Waals surface area contributed by atoms with Gasteiger partial charge in [0.2, 0.25) is 11.9 Å². The van der Waals surface area contributed by atoms with Crippen LogP contribution in [-0.2, 0) is 0 Å². The fourth-order valence-corrected chi connectivity index (χ4v) is 1.98. The lowest BCUT2D eigenvalue weighted by atomic mass is 10.7. The fraction of sp³-hybridized carbons (Fsp3) is 0.250. The molecule has 0 bridgehead atoms. The summed E-state index contributed by atoms with van der Waals surface area (Å²) in [6.07, 6.45) is 0. The van der Waals surface area contributed by atoms with Crippen LogP contribution in [-0.4, -0.2) is 15.0 Å². The van der Waals surface area contributed by atoms with Gasteiger partial charge in [-0.15, -0.1) is 0 Å². The quantitative estimate of drug-likeness (QED) is 0.800. The van der Waals surface area contributed by atoms with Crippen LogP contribution in [0, 0.1) is 6.92 Å². The predicted octanol–water partition coefficient (Wildman–Crippen LogP) is 1.77. The minimum absolute atomic E-state index is 0.513. The van der Waals surface area contributed by atoms with Crippen molar-refractivity contribution in [3.8, 4) is 0 Å². The van der Waals surface area contributed by atoms with Gasteiger partial charge < -0.3 is 10.2 Å². The second-order valence-corrected chi connectivity index (χ2v) is 4.88. The molecule has 13 heavy (non-hydrogen) atoms. The van der Waals surface area contributed by atoms with Crippen LogP contribution in [0.1, 0.15) is 5.82 Å². The van der Waals surface area contributed by atoms with Gasteiger partial charge in [0.05, 0.1) is 0 Å². The van der Waals surface area contributed by atoms with Crippen LogP contribution in [0.2, 0.25) is 0 Å². The molecule has 1 aromatic rings. The number of anilines is 2. The zero-order valence-electron chi connectivity index (χ0n) is 7.00. The monoisotopic (exact) mass is 253 g/mol. The van der Waals surface area contributed by atoms with Crippen LogP contribution in [0.3, 0.4) is 0 Å². The summed E-state index contributed by atoms with van der Waals surface area (Å²) < 4.78 is 0. The SMILES string of the molecule is Cc1nc(NPP)nc(NPP)n1. The van der Waals surface area contributed by atoms with Gasteiger partial charge in [-0.2, -0.15) is 15.0 Å². The minimum atomic E-state index is 0.513. The second-order valence-electron chi connectivity index (χ2n) is 2.07. The lowest BCUT2D eigenvalue weighted by Crippen LogP contribution is -2.00. The average Bonchev–Trinajstić information content (AvgIpc) is 2.04. The van der Waals surface area contributed by atoms with Gasteiger partial charge in [-0.05, 0) is 23.8 Å². The van der Waals surface area contributed by atoms with Crippen molar-refractivity contribution in [2.45, 2.75) is 6.92 Å². The average molecular weight is 253 g/mol. The van der Waals surface area contributed by atoms with Crippen LogP contribution in [0.5, 0.6) is 0 Å². The maximum Gasteiger partial charge on any atom is 0.231 e. The highest BCUT2D eigenvalue weighted by molar-refractivity contribution is 8.03. The molecule has 0 saturated carbocycles. The number of rotatable bonds is 4. The third-order valence-electron chi connectivity index (χ3n) is 1.12. The van der Waals surface area contributed by atoms with Crippen molar-refractivity contribution in [1.82, 2.24) is 15.0 Å². The van der Waals surface area contributed by atoms with Crippen molar-refractivity contribution >= 4 is 46.6 Å². The highest BCUT2D eigenvalue weighted by Gasteiger charge is 2.00. The molecule has 0 aliphatic rings. The van der Waals surface area contributed by atoms with Crippen molar-refractivity contribution in [1.29, 1.82) is 0 Å². The second kappa shape index (κ2) is 5.94. The lowest BCUT2D eigenvalue weighted by Gasteiger charge is -2.05.